The van der Waals surface area contributed by atoms with E-state index in [4.69, 9.17) is 4.74 Å². The van der Waals surface area contributed by atoms with Crippen molar-refractivity contribution in [2.45, 2.75) is 13.0 Å². The maximum atomic E-state index is 13.6. The van der Waals surface area contributed by atoms with Gasteiger partial charge in [-0.05, 0) is 24.6 Å². The topological polar surface area (TPSA) is 41.5 Å². The normalized spacial score (nSPS) is 12.0. The van der Waals surface area contributed by atoms with Crippen molar-refractivity contribution in [2.75, 3.05) is 12.4 Å². The standard InChI is InChI=1S/C15H14F3NO2/c1-8(9-3-4-13(20)14(5-9)21-2)19-12-7-10(16)6-11(17)15(12)18/h3-8,19-20H,1-2H3. The van der Waals surface area contributed by atoms with Gasteiger partial charge in [0.25, 0.3) is 0 Å². The summed E-state index contributed by atoms with van der Waals surface area (Å²) in [4.78, 5) is 0. The Hall–Kier alpha value is -2.37. The molecule has 0 fully saturated rings. The predicted octanol–water partition coefficient (Wildman–Crippen LogP) is 3.99. The first-order valence-corrected chi connectivity index (χ1v) is 6.20. The first kappa shape index (κ1) is 15.0. The number of aromatic hydroxyl groups is 1. The fourth-order valence-electron chi connectivity index (χ4n) is 1.94. The van der Waals surface area contributed by atoms with Gasteiger partial charge < -0.3 is 15.2 Å². The molecule has 0 aliphatic rings. The molecule has 2 N–H and O–H groups in total. The Morgan fingerprint density at radius 2 is 1.86 bits per heavy atom. The summed E-state index contributed by atoms with van der Waals surface area (Å²) in [6.07, 6.45) is 0. The summed E-state index contributed by atoms with van der Waals surface area (Å²) in [5.74, 6) is -3.04. The van der Waals surface area contributed by atoms with E-state index in [9.17, 15) is 18.3 Å². The van der Waals surface area contributed by atoms with Crippen LogP contribution in [0.3, 0.4) is 0 Å². The minimum Gasteiger partial charge on any atom is -0.504 e. The molecule has 0 saturated carbocycles. The zero-order chi connectivity index (χ0) is 15.6. The number of phenols is 1. The molecule has 0 aliphatic heterocycles. The van der Waals surface area contributed by atoms with E-state index in [2.05, 4.69) is 5.32 Å². The molecule has 0 aliphatic carbocycles. The molecule has 0 aromatic heterocycles. The van der Waals surface area contributed by atoms with Crippen LogP contribution in [-0.4, -0.2) is 12.2 Å². The number of rotatable bonds is 4. The maximum absolute atomic E-state index is 13.6. The van der Waals surface area contributed by atoms with Crippen LogP contribution in [0.2, 0.25) is 0 Å². The molecule has 0 heterocycles. The average molecular weight is 297 g/mol. The van der Waals surface area contributed by atoms with Crippen molar-refractivity contribution in [3.8, 4) is 11.5 Å². The van der Waals surface area contributed by atoms with Gasteiger partial charge in [0, 0.05) is 18.2 Å². The Balaban J connectivity index is 2.28. The van der Waals surface area contributed by atoms with Crippen LogP contribution in [0.4, 0.5) is 18.9 Å². The molecule has 6 heteroatoms. The summed E-state index contributed by atoms with van der Waals surface area (Å²) < 4.78 is 44.9. The smallest absolute Gasteiger partial charge is 0.182 e. The van der Waals surface area contributed by atoms with Crippen molar-refractivity contribution in [3.63, 3.8) is 0 Å². The first-order chi connectivity index (χ1) is 9.92. The van der Waals surface area contributed by atoms with Gasteiger partial charge in [-0.25, -0.2) is 13.2 Å². The van der Waals surface area contributed by atoms with Crippen molar-refractivity contribution in [3.05, 3.63) is 53.3 Å². The molecule has 2 aromatic rings. The van der Waals surface area contributed by atoms with Crippen molar-refractivity contribution in [2.24, 2.45) is 0 Å². The lowest BCUT2D eigenvalue weighted by molar-refractivity contribution is 0.373. The van der Waals surface area contributed by atoms with Gasteiger partial charge in [-0.2, -0.15) is 0 Å². The molecule has 21 heavy (non-hydrogen) atoms. The van der Waals surface area contributed by atoms with Gasteiger partial charge in [-0.1, -0.05) is 6.07 Å². The molecule has 1 atom stereocenters. The molecular weight excluding hydrogens is 283 g/mol. The van der Waals surface area contributed by atoms with Crippen LogP contribution in [0.5, 0.6) is 11.5 Å². The van der Waals surface area contributed by atoms with E-state index in [1.54, 1.807) is 19.1 Å². The molecule has 1 unspecified atom stereocenters. The zero-order valence-corrected chi connectivity index (χ0v) is 11.5. The third kappa shape index (κ3) is 3.21. The van der Waals surface area contributed by atoms with E-state index in [0.29, 0.717) is 11.6 Å². The van der Waals surface area contributed by atoms with E-state index < -0.39 is 23.5 Å². The Bertz CT molecular complexity index is 662. The minimum atomic E-state index is -1.26. The molecule has 112 valence electrons. The highest BCUT2D eigenvalue weighted by atomic mass is 19.2. The van der Waals surface area contributed by atoms with Crippen molar-refractivity contribution in [1.29, 1.82) is 0 Å². The quantitative estimate of drug-likeness (QED) is 0.838. The fraction of sp³-hybridized carbons (Fsp3) is 0.200. The third-order valence-corrected chi connectivity index (χ3v) is 3.07. The van der Waals surface area contributed by atoms with E-state index >= 15 is 0 Å². The number of hydrogen-bond acceptors (Lipinski definition) is 3. The lowest BCUT2D eigenvalue weighted by atomic mass is 10.1. The molecule has 0 saturated heterocycles. The average Bonchev–Trinajstić information content (AvgIpc) is 2.44. The van der Waals surface area contributed by atoms with Crippen LogP contribution >= 0.6 is 0 Å². The second-order valence-corrected chi connectivity index (χ2v) is 4.55. The first-order valence-electron chi connectivity index (χ1n) is 6.20. The van der Waals surface area contributed by atoms with Gasteiger partial charge in [-0.3, -0.25) is 0 Å². The number of halogens is 3. The van der Waals surface area contributed by atoms with Crippen LogP contribution in [0.25, 0.3) is 0 Å². The van der Waals surface area contributed by atoms with Crippen LogP contribution in [0.1, 0.15) is 18.5 Å². The Morgan fingerprint density at radius 3 is 2.52 bits per heavy atom. The molecule has 3 nitrogen and oxygen atoms in total. The molecule has 0 radical (unpaired) electrons. The molecular formula is C15H14F3NO2. The zero-order valence-electron chi connectivity index (χ0n) is 11.5. The summed E-state index contributed by atoms with van der Waals surface area (Å²) in [5, 5.41) is 12.2. The Kier molecular flexibility index (Phi) is 4.26. The van der Waals surface area contributed by atoms with Gasteiger partial charge >= 0.3 is 0 Å². The maximum Gasteiger partial charge on any atom is 0.182 e. The number of nitrogens with one attached hydrogen (secondary N) is 1. The second kappa shape index (κ2) is 5.95. The largest absolute Gasteiger partial charge is 0.504 e. The molecule has 2 aromatic carbocycles. The second-order valence-electron chi connectivity index (χ2n) is 4.55. The number of ether oxygens (including phenoxy) is 1. The summed E-state index contributed by atoms with van der Waals surface area (Å²) in [6, 6.07) is 5.50. The summed E-state index contributed by atoms with van der Waals surface area (Å²) in [6.45, 7) is 1.69. The van der Waals surface area contributed by atoms with Crippen molar-refractivity contribution >= 4 is 5.69 Å². The number of hydrogen-bond donors (Lipinski definition) is 2. The van der Waals surface area contributed by atoms with Crippen LogP contribution in [0.15, 0.2) is 30.3 Å². The van der Waals surface area contributed by atoms with Crippen LogP contribution in [0, 0.1) is 17.5 Å². The summed E-state index contributed by atoms with van der Waals surface area (Å²) in [5.41, 5.74) is 0.390. The SMILES string of the molecule is COc1cc(C(C)Nc2cc(F)cc(F)c2F)ccc1O. The number of phenolic OH excluding ortho intramolecular Hbond substituents is 1. The number of benzene rings is 2. The lowest BCUT2D eigenvalue weighted by Gasteiger charge is -2.17. The minimum absolute atomic E-state index is 0.0311. The van der Waals surface area contributed by atoms with Gasteiger partial charge in [0.2, 0.25) is 0 Å². The summed E-state index contributed by atoms with van der Waals surface area (Å²) >= 11 is 0. The third-order valence-electron chi connectivity index (χ3n) is 3.07. The van der Waals surface area contributed by atoms with E-state index in [0.717, 1.165) is 6.07 Å². The van der Waals surface area contributed by atoms with E-state index in [-0.39, 0.29) is 17.2 Å². The van der Waals surface area contributed by atoms with Crippen molar-refractivity contribution in [1.82, 2.24) is 0 Å². The monoisotopic (exact) mass is 297 g/mol. The van der Waals surface area contributed by atoms with Gasteiger partial charge in [0.1, 0.15) is 5.82 Å². The highest BCUT2D eigenvalue weighted by Crippen LogP contribution is 2.31. The Labute approximate surface area is 120 Å². The Morgan fingerprint density at radius 1 is 1.14 bits per heavy atom. The highest BCUT2D eigenvalue weighted by molar-refractivity contribution is 5.49. The van der Waals surface area contributed by atoms with Crippen LogP contribution in [-0.2, 0) is 0 Å². The van der Waals surface area contributed by atoms with Gasteiger partial charge in [-0.15, -0.1) is 0 Å². The van der Waals surface area contributed by atoms with Gasteiger partial charge in [0.15, 0.2) is 23.1 Å². The van der Waals surface area contributed by atoms with Crippen LogP contribution < -0.4 is 10.1 Å². The molecule has 0 spiro atoms. The predicted molar refractivity (Wildman–Crippen MR) is 73.0 cm³/mol. The van der Waals surface area contributed by atoms with Gasteiger partial charge in [0.05, 0.1) is 12.8 Å². The lowest BCUT2D eigenvalue weighted by Crippen LogP contribution is -2.09. The number of methoxy groups -OCH3 is 1. The molecule has 2 rings (SSSR count). The summed E-state index contributed by atoms with van der Waals surface area (Å²) in [7, 11) is 1.40. The highest BCUT2D eigenvalue weighted by Gasteiger charge is 2.15. The van der Waals surface area contributed by atoms with E-state index in [1.807, 2.05) is 0 Å². The molecule has 0 amide bonds. The molecule has 0 bridgehead atoms. The van der Waals surface area contributed by atoms with Crippen molar-refractivity contribution < 1.29 is 23.0 Å². The van der Waals surface area contributed by atoms with E-state index in [1.165, 1.54) is 13.2 Å². The number of anilines is 1. The fourth-order valence-corrected chi connectivity index (χ4v) is 1.94.